The molecular formula is C13H13N3O. The number of nitrogens with one attached hydrogen (secondary N) is 2. The molecule has 0 amide bonds. The second-order valence-corrected chi connectivity index (χ2v) is 4.05. The minimum atomic E-state index is 0.153. The second-order valence-electron chi connectivity index (χ2n) is 4.05. The summed E-state index contributed by atoms with van der Waals surface area (Å²) in [7, 11) is 0. The van der Waals surface area contributed by atoms with E-state index in [0.29, 0.717) is 13.1 Å². The Bertz CT molecular complexity index is 545. The molecule has 0 radical (unpaired) electrons. The molecule has 0 saturated carbocycles. The van der Waals surface area contributed by atoms with Crippen molar-refractivity contribution in [2.45, 2.75) is 6.54 Å². The van der Waals surface area contributed by atoms with Crippen LogP contribution in [0.5, 0.6) is 0 Å². The van der Waals surface area contributed by atoms with E-state index in [1.807, 2.05) is 47.3 Å². The summed E-state index contributed by atoms with van der Waals surface area (Å²) in [5.41, 5.74) is 6.06. The summed E-state index contributed by atoms with van der Waals surface area (Å²) in [6.45, 7) is 1.15. The third kappa shape index (κ3) is 1.83. The van der Waals surface area contributed by atoms with Gasteiger partial charge in [-0.05, 0) is 18.2 Å². The summed E-state index contributed by atoms with van der Waals surface area (Å²) < 4.78 is 1.90. The minimum absolute atomic E-state index is 0.153. The predicted molar refractivity (Wildman–Crippen MR) is 65.9 cm³/mol. The van der Waals surface area contributed by atoms with E-state index in [4.69, 9.17) is 0 Å². The van der Waals surface area contributed by atoms with Crippen LogP contribution < -0.4 is 10.7 Å². The van der Waals surface area contributed by atoms with Gasteiger partial charge in [0.05, 0.1) is 17.9 Å². The molecule has 4 heteroatoms. The number of ketones is 1. The molecule has 2 N–H and O–H groups in total. The van der Waals surface area contributed by atoms with E-state index in [9.17, 15) is 4.79 Å². The summed E-state index contributed by atoms with van der Waals surface area (Å²) in [6, 6.07) is 11.8. The number of fused-ring (bicyclic) bond motifs is 1. The van der Waals surface area contributed by atoms with Gasteiger partial charge in [-0.1, -0.05) is 18.2 Å². The van der Waals surface area contributed by atoms with Crippen molar-refractivity contribution in [3.63, 3.8) is 0 Å². The first-order chi connectivity index (χ1) is 8.34. The molecule has 4 nitrogen and oxygen atoms in total. The lowest BCUT2D eigenvalue weighted by atomic mass is 10.1. The molecule has 2 aromatic rings. The SMILES string of the molecule is O=C1CNCc2c1ccn2Nc1ccccc1. The van der Waals surface area contributed by atoms with Gasteiger partial charge >= 0.3 is 0 Å². The summed E-state index contributed by atoms with van der Waals surface area (Å²) in [6.07, 6.45) is 1.89. The molecule has 1 aliphatic heterocycles. The van der Waals surface area contributed by atoms with Crippen molar-refractivity contribution < 1.29 is 4.79 Å². The lowest BCUT2D eigenvalue weighted by Crippen LogP contribution is -2.31. The van der Waals surface area contributed by atoms with E-state index >= 15 is 0 Å². The maximum absolute atomic E-state index is 11.6. The molecule has 0 saturated heterocycles. The van der Waals surface area contributed by atoms with Crippen LogP contribution in [0.3, 0.4) is 0 Å². The predicted octanol–water partition coefficient (Wildman–Crippen LogP) is 1.65. The van der Waals surface area contributed by atoms with Gasteiger partial charge in [-0.25, -0.2) is 0 Å². The molecule has 1 aromatic carbocycles. The molecule has 0 atom stereocenters. The number of nitrogens with zero attached hydrogens (tertiary/aromatic N) is 1. The first kappa shape index (κ1) is 10.1. The highest BCUT2D eigenvalue weighted by Gasteiger charge is 2.20. The highest BCUT2D eigenvalue weighted by Crippen LogP contribution is 2.16. The maximum atomic E-state index is 11.6. The van der Waals surface area contributed by atoms with Crippen LogP contribution in [0.15, 0.2) is 42.6 Å². The fourth-order valence-corrected chi connectivity index (χ4v) is 2.05. The van der Waals surface area contributed by atoms with Crippen molar-refractivity contribution in [2.75, 3.05) is 12.0 Å². The van der Waals surface area contributed by atoms with Crippen LogP contribution in [0.25, 0.3) is 0 Å². The zero-order valence-corrected chi connectivity index (χ0v) is 9.31. The molecule has 0 unspecified atom stereocenters. The van der Waals surface area contributed by atoms with Gasteiger partial charge in [-0.2, -0.15) is 0 Å². The van der Waals surface area contributed by atoms with Gasteiger partial charge in [0.1, 0.15) is 0 Å². The van der Waals surface area contributed by atoms with Gasteiger partial charge in [0.2, 0.25) is 0 Å². The Morgan fingerprint density at radius 3 is 2.76 bits per heavy atom. The number of hydrogen-bond acceptors (Lipinski definition) is 3. The molecule has 0 fully saturated rings. The van der Waals surface area contributed by atoms with Crippen molar-refractivity contribution in [3.05, 3.63) is 53.9 Å². The molecule has 3 rings (SSSR count). The van der Waals surface area contributed by atoms with Crippen LogP contribution >= 0.6 is 0 Å². The number of aromatic nitrogens is 1. The Morgan fingerprint density at radius 1 is 1.12 bits per heavy atom. The van der Waals surface area contributed by atoms with Crippen LogP contribution in [0.1, 0.15) is 16.1 Å². The Morgan fingerprint density at radius 2 is 1.94 bits per heavy atom. The van der Waals surface area contributed by atoms with Crippen LogP contribution in [0.4, 0.5) is 5.69 Å². The number of hydrogen-bond donors (Lipinski definition) is 2. The lowest BCUT2D eigenvalue weighted by molar-refractivity contribution is 0.0981. The Labute approximate surface area is 99.2 Å². The largest absolute Gasteiger partial charge is 0.304 e. The van der Waals surface area contributed by atoms with Gasteiger partial charge < -0.3 is 5.32 Å². The molecule has 1 aromatic heterocycles. The Kier molecular flexibility index (Phi) is 2.42. The normalized spacial score (nSPS) is 14.5. The van der Waals surface area contributed by atoms with E-state index in [2.05, 4.69) is 10.7 Å². The molecular weight excluding hydrogens is 214 g/mol. The van der Waals surface area contributed by atoms with Crippen molar-refractivity contribution in [1.82, 2.24) is 9.99 Å². The standard InChI is InChI=1S/C13H13N3O/c17-13-9-14-8-12-11(13)6-7-16(12)15-10-4-2-1-3-5-10/h1-7,14-15H,8-9H2. The Hall–Kier alpha value is -2.07. The zero-order chi connectivity index (χ0) is 11.7. The third-order valence-electron chi connectivity index (χ3n) is 2.89. The number of Topliss-reactive ketones (excluding diaryl/α,β-unsaturated/α-hetero) is 1. The van der Waals surface area contributed by atoms with Crippen molar-refractivity contribution in [2.24, 2.45) is 0 Å². The van der Waals surface area contributed by atoms with E-state index in [-0.39, 0.29) is 5.78 Å². The van der Waals surface area contributed by atoms with Crippen LogP contribution in [-0.4, -0.2) is 17.0 Å². The smallest absolute Gasteiger partial charge is 0.178 e. The summed E-state index contributed by atoms with van der Waals surface area (Å²) >= 11 is 0. The van der Waals surface area contributed by atoms with E-state index in [0.717, 1.165) is 16.9 Å². The summed E-state index contributed by atoms with van der Waals surface area (Å²) in [5, 5.41) is 3.09. The van der Waals surface area contributed by atoms with Crippen molar-refractivity contribution >= 4 is 11.5 Å². The first-order valence-electron chi connectivity index (χ1n) is 5.61. The molecule has 1 aliphatic rings. The third-order valence-corrected chi connectivity index (χ3v) is 2.89. The van der Waals surface area contributed by atoms with E-state index in [1.165, 1.54) is 0 Å². The van der Waals surface area contributed by atoms with Gasteiger partial charge in [0.15, 0.2) is 5.78 Å². The maximum Gasteiger partial charge on any atom is 0.178 e. The molecule has 0 aliphatic carbocycles. The van der Waals surface area contributed by atoms with E-state index in [1.54, 1.807) is 0 Å². The number of carbonyl (C=O) groups excluding carboxylic acids is 1. The van der Waals surface area contributed by atoms with Gasteiger partial charge in [0.25, 0.3) is 0 Å². The molecule has 17 heavy (non-hydrogen) atoms. The number of anilines is 1. The highest BCUT2D eigenvalue weighted by atomic mass is 16.1. The fourth-order valence-electron chi connectivity index (χ4n) is 2.05. The van der Waals surface area contributed by atoms with Crippen LogP contribution in [0, 0.1) is 0 Å². The van der Waals surface area contributed by atoms with E-state index < -0.39 is 0 Å². The number of rotatable bonds is 2. The number of carbonyl (C=O) groups is 1. The monoisotopic (exact) mass is 227 g/mol. The van der Waals surface area contributed by atoms with Crippen molar-refractivity contribution in [1.29, 1.82) is 0 Å². The second kappa shape index (κ2) is 4.07. The quantitative estimate of drug-likeness (QED) is 0.820. The average Bonchev–Trinajstić information content (AvgIpc) is 2.76. The first-order valence-corrected chi connectivity index (χ1v) is 5.61. The topological polar surface area (TPSA) is 46.1 Å². The minimum Gasteiger partial charge on any atom is -0.304 e. The lowest BCUT2D eigenvalue weighted by Gasteiger charge is -2.17. The molecule has 0 bridgehead atoms. The average molecular weight is 227 g/mol. The fraction of sp³-hybridized carbons (Fsp3) is 0.154. The number of para-hydroxylation sites is 1. The van der Waals surface area contributed by atoms with Crippen LogP contribution in [0.2, 0.25) is 0 Å². The van der Waals surface area contributed by atoms with Gasteiger partial charge in [-0.3, -0.25) is 14.9 Å². The highest BCUT2D eigenvalue weighted by molar-refractivity contribution is 5.99. The molecule has 86 valence electrons. The zero-order valence-electron chi connectivity index (χ0n) is 9.31. The van der Waals surface area contributed by atoms with Gasteiger partial charge in [0, 0.05) is 18.3 Å². The summed E-state index contributed by atoms with van der Waals surface area (Å²) in [4.78, 5) is 11.6. The van der Waals surface area contributed by atoms with Crippen LogP contribution in [-0.2, 0) is 6.54 Å². The molecule has 2 heterocycles. The van der Waals surface area contributed by atoms with Crippen molar-refractivity contribution in [3.8, 4) is 0 Å². The number of benzene rings is 1. The molecule has 0 spiro atoms. The Balaban J connectivity index is 1.92. The van der Waals surface area contributed by atoms with Gasteiger partial charge in [-0.15, -0.1) is 0 Å². The summed E-state index contributed by atoms with van der Waals surface area (Å²) in [5.74, 6) is 0.153.